The van der Waals surface area contributed by atoms with E-state index in [4.69, 9.17) is 4.74 Å². The van der Waals surface area contributed by atoms with Gasteiger partial charge in [-0.3, -0.25) is 4.79 Å². The van der Waals surface area contributed by atoms with E-state index in [0.717, 1.165) is 24.8 Å². The zero-order valence-corrected chi connectivity index (χ0v) is 21.4. The molecular weight excluding hydrogens is 476 g/mol. The highest BCUT2D eigenvalue weighted by Gasteiger charge is 2.28. The largest absolute Gasteiger partial charge is 0.480 e. The SMILES string of the molecule is CCN(CC)c1ncc(N2CCCC2=O)c(N[C@@H](Cc2ccc(OC(=O)N3CCCC3)cc2)C(=O)O)n1. The molecule has 11 nitrogen and oxygen atoms in total. The van der Waals surface area contributed by atoms with E-state index in [2.05, 4.69) is 15.3 Å². The van der Waals surface area contributed by atoms with E-state index in [1.165, 1.54) is 0 Å². The molecule has 0 unspecified atom stereocenters. The van der Waals surface area contributed by atoms with Crippen molar-refractivity contribution in [3.63, 3.8) is 0 Å². The van der Waals surface area contributed by atoms with Gasteiger partial charge in [0.2, 0.25) is 11.9 Å². The molecule has 37 heavy (non-hydrogen) atoms. The topological polar surface area (TPSA) is 128 Å². The predicted octanol–water partition coefficient (Wildman–Crippen LogP) is 3.15. The molecule has 0 radical (unpaired) electrons. The van der Waals surface area contributed by atoms with Crippen molar-refractivity contribution in [3.05, 3.63) is 36.0 Å². The van der Waals surface area contributed by atoms with Crippen molar-refractivity contribution in [1.29, 1.82) is 0 Å². The lowest BCUT2D eigenvalue weighted by Crippen LogP contribution is -2.34. The summed E-state index contributed by atoms with van der Waals surface area (Å²) in [6.07, 6.45) is 4.51. The fraction of sp³-hybridized carbons (Fsp3) is 0.500. The van der Waals surface area contributed by atoms with Crippen molar-refractivity contribution in [2.24, 2.45) is 0 Å². The van der Waals surface area contributed by atoms with E-state index in [1.54, 1.807) is 40.3 Å². The molecule has 2 aliphatic rings. The maximum Gasteiger partial charge on any atom is 0.415 e. The third kappa shape index (κ3) is 6.28. The van der Waals surface area contributed by atoms with Gasteiger partial charge in [0.15, 0.2) is 5.82 Å². The van der Waals surface area contributed by atoms with Gasteiger partial charge in [0.25, 0.3) is 0 Å². The van der Waals surface area contributed by atoms with Gasteiger partial charge in [-0.05, 0) is 50.8 Å². The van der Waals surface area contributed by atoms with Crippen LogP contribution in [0.2, 0.25) is 0 Å². The molecular formula is C26H34N6O5. The number of aliphatic carboxylic acids is 1. The second kappa shape index (κ2) is 11.9. The van der Waals surface area contributed by atoms with E-state index < -0.39 is 12.0 Å². The third-order valence-corrected chi connectivity index (χ3v) is 6.71. The zero-order chi connectivity index (χ0) is 26.4. The van der Waals surface area contributed by atoms with E-state index >= 15 is 0 Å². The monoisotopic (exact) mass is 510 g/mol. The number of likely N-dealkylation sites (tertiary alicyclic amines) is 1. The van der Waals surface area contributed by atoms with Gasteiger partial charge in [0.05, 0.1) is 6.20 Å². The van der Waals surface area contributed by atoms with Crippen LogP contribution in [0.5, 0.6) is 5.75 Å². The molecule has 2 fully saturated rings. The van der Waals surface area contributed by atoms with Gasteiger partial charge < -0.3 is 29.9 Å². The quantitative estimate of drug-likeness (QED) is 0.495. The summed E-state index contributed by atoms with van der Waals surface area (Å²) in [5.74, 6) is 0.112. The number of ether oxygens (including phenoxy) is 1. The number of carboxylic acid groups (broad SMARTS) is 1. The number of hydrogen-bond donors (Lipinski definition) is 2. The Kier molecular flexibility index (Phi) is 8.42. The predicted molar refractivity (Wildman–Crippen MR) is 139 cm³/mol. The number of nitrogens with one attached hydrogen (secondary N) is 1. The minimum absolute atomic E-state index is 0.0341. The highest BCUT2D eigenvalue weighted by Crippen LogP contribution is 2.30. The molecule has 2 saturated heterocycles. The molecule has 198 valence electrons. The Morgan fingerprint density at radius 2 is 1.81 bits per heavy atom. The first kappa shape index (κ1) is 26.2. The van der Waals surface area contributed by atoms with Crippen molar-refractivity contribution in [2.75, 3.05) is 47.8 Å². The maximum atomic E-state index is 12.4. The number of amides is 2. The zero-order valence-electron chi connectivity index (χ0n) is 21.4. The lowest BCUT2D eigenvalue weighted by molar-refractivity contribution is -0.137. The summed E-state index contributed by atoms with van der Waals surface area (Å²) < 4.78 is 5.44. The maximum absolute atomic E-state index is 12.4. The molecule has 0 bridgehead atoms. The summed E-state index contributed by atoms with van der Waals surface area (Å²) in [5, 5.41) is 13.1. The molecule has 2 amide bonds. The number of rotatable bonds is 10. The summed E-state index contributed by atoms with van der Waals surface area (Å²) in [6.45, 7) is 7.30. The van der Waals surface area contributed by atoms with Crippen LogP contribution in [-0.2, 0) is 16.0 Å². The van der Waals surface area contributed by atoms with Gasteiger partial charge in [-0.1, -0.05) is 12.1 Å². The average Bonchev–Trinajstić information content (AvgIpc) is 3.58. The van der Waals surface area contributed by atoms with E-state index in [9.17, 15) is 19.5 Å². The molecule has 1 aromatic carbocycles. The van der Waals surface area contributed by atoms with Crippen LogP contribution in [0, 0.1) is 0 Å². The highest BCUT2D eigenvalue weighted by molar-refractivity contribution is 5.98. The van der Waals surface area contributed by atoms with Crippen LogP contribution in [0.15, 0.2) is 30.5 Å². The highest BCUT2D eigenvalue weighted by atomic mass is 16.6. The molecule has 3 heterocycles. The summed E-state index contributed by atoms with van der Waals surface area (Å²) >= 11 is 0. The number of carbonyl (C=O) groups excluding carboxylic acids is 2. The smallest absolute Gasteiger partial charge is 0.415 e. The second-order valence-corrected chi connectivity index (χ2v) is 9.17. The number of anilines is 3. The van der Waals surface area contributed by atoms with Crippen molar-refractivity contribution in [2.45, 2.75) is 52.0 Å². The molecule has 1 aromatic heterocycles. The van der Waals surface area contributed by atoms with Crippen LogP contribution in [0.4, 0.5) is 22.2 Å². The third-order valence-electron chi connectivity index (χ3n) is 6.71. The van der Waals surface area contributed by atoms with Crippen LogP contribution in [-0.4, -0.2) is 76.7 Å². The molecule has 11 heteroatoms. The number of hydrogen-bond acceptors (Lipinski definition) is 8. The Hall–Kier alpha value is -3.89. The fourth-order valence-corrected chi connectivity index (χ4v) is 4.59. The number of benzene rings is 1. The van der Waals surface area contributed by atoms with Crippen LogP contribution < -0.4 is 19.9 Å². The van der Waals surface area contributed by atoms with Crippen LogP contribution in [0.25, 0.3) is 0 Å². The minimum atomic E-state index is -1.05. The Labute approximate surface area is 216 Å². The molecule has 4 rings (SSSR count). The lowest BCUT2D eigenvalue weighted by Gasteiger charge is -2.25. The molecule has 2 aliphatic heterocycles. The molecule has 0 saturated carbocycles. The van der Waals surface area contributed by atoms with Gasteiger partial charge >= 0.3 is 12.1 Å². The van der Waals surface area contributed by atoms with E-state index in [1.807, 2.05) is 18.7 Å². The Morgan fingerprint density at radius 3 is 2.41 bits per heavy atom. The number of carbonyl (C=O) groups is 3. The van der Waals surface area contributed by atoms with Gasteiger partial charge in [0, 0.05) is 45.6 Å². The van der Waals surface area contributed by atoms with Crippen molar-refractivity contribution in [1.82, 2.24) is 14.9 Å². The summed E-state index contributed by atoms with van der Waals surface area (Å²) in [7, 11) is 0. The fourth-order valence-electron chi connectivity index (χ4n) is 4.59. The Balaban J connectivity index is 1.52. The van der Waals surface area contributed by atoms with Crippen molar-refractivity contribution < 1.29 is 24.2 Å². The van der Waals surface area contributed by atoms with Gasteiger partial charge in [-0.25, -0.2) is 14.6 Å². The van der Waals surface area contributed by atoms with Crippen molar-refractivity contribution >= 4 is 35.4 Å². The van der Waals surface area contributed by atoms with Crippen molar-refractivity contribution in [3.8, 4) is 5.75 Å². The summed E-state index contributed by atoms with van der Waals surface area (Å²) in [6, 6.07) is 5.82. The van der Waals surface area contributed by atoms with Crippen LogP contribution in [0.1, 0.15) is 45.1 Å². The minimum Gasteiger partial charge on any atom is -0.480 e. The molecule has 0 aliphatic carbocycles. The summed E-state index contributed by atoms with van der Waals surface area (Å²) in [4.78, 5) is 51.2. The van der Waals surface area contributed by atoms with Gasteiger partial charge in [-0.2, -0.15) is 4.98 Å². The van der Waals surface area contributed by atoms with E-state index in [0.29, 0.717) is 62.3 Å². The number of carboxylic acids is 1. The van der Waals surface area contributed by atoms with Crippen LogP contribution in [0.3, 0.4) is 0 Å². The molecule has 0 spiro atoms. The average molecular weight is 511 g/mol. The lowest BCUT2D eigenvalue weighted by atomic mass is 10.1. The molecule has 2 aromatic rings. The second-order valence-electron chi connectivity index (χ2n) is 9.17. The van der Waals surface area contributed by atoms with Gasteiger partial charge in [0.1, 0.15) is 17.5 Å². The number of nitrogens with zero attached hydrogens (tertiary/aromatic N) is 5. The first-order chi connectivity index (χ1) is 17.9. The number of aromatic nitrogens is 2. The Bertz CT molecular complexity index is 1110. The normalized spacial score (nSPS) is 16.1. The van der Waals surface area contributed by atoms with Gasteiger partial charge in [-0.15, -0.1) is 0 Å². The first-order valence-electron chi connectivity index (χ1n) is 12.9. The Morgan fingerprint density at radius 1 is 1.11 bits per heavy atom. The standard InChI is InChI=1S/C26H34N6O5/c1-3-30(4-2)25-27-17-21(32-15-7-8-22(32)33)23(29-25)28-20(24(34)35)16-18-9-11-19(12-10-18)37-26(36)31-13-5-6-14-31/h9-12,17,20H,3-8,13-16H2,1-2H3,(H,34,35)(H,27,28,29)/t20-/m0/s1. The first-order valence-corrected chi connectivity index (χ1v) is 12.9. The van der Waals surface area contributed by atoms with E-state index in [-0.39, 0.29) is 18.4 Å². The van der Waals surface area contributed by atoms with Crippen LogP contribution >= 0.6 is 0 Å². The molecule has 1 atom stereocenters. The molecule has 2 N–H and O–H groups in total. The summed E-state index contributed by atoms with van der Waals surface area (Å²) in [5.41, 5.74) is 1.23.